The molecule has 3 heterocycles. The number of hydrogen-bond acceptors (Lipinski definition) is 4. The standard InChI is InChI=1S/C32H29N3O3/c1-37-22-26-19-33-32-30-31(38-21-23-11-5-2-6-12-23)28(36)17-18-34(30)27(20-35(26)32)29(24-13-7-3-8-14-24)25-15-9-4-10-16-25/h2-19,27,29H,20-22H2,1H3/t27-/m1/s1. The van der Waals surface area contributed by atoms with Crippen molar-refractivity contribution in [3.05, 3.63) is 142 Å². The Morgan fingerprint density at radius 3 is 2.13 bits per heavy atom. The molecule has 1 aliphatic heterocycles. The van der Waals surface area contributed by atoms with Crippen LogP contribution in [0, 0.1) is 0 Å². The molecule has 0 spiro atoms. The van der Waals surface area contributed by atoms with Crippen LogP contribution in [0.4, 0.5) is 0 Å². The second-order valence-corrected chi connectivity index (χ2v) is 9.52. The van der Waals surface area contributed by atoms with Crippen LogP contribution in [0.5, 0.6) is 5.75 Å². The fourth-order valence-corrected chi connectivity index (χ4v) is 5.46. The van der Waals surface area contributed by atoms with Crippen molar-refractivity contribution < 1.29 is 9.47 Å². The van der Waals surface area contributed by atoms with Gasteiger partial charge in [-0.05, 0) is 16.7 Å². The Kier molecular flexibility index (Phi) is 6.63. The summed E-state index contributed by atoms with van der Waals surface area (Å²) in [4.78, 5) is 18.0. The molecule has 6 rings (SSSR count). The zero-order valence-electron chi connectivity index (χ0n) is 21.2. The van der Waals surface area contributed by atoms with E-state index in [9.17, 15) is 4.79 Å². The Morgan fingerprint density at radius 2 is 1.50 bits per heavy atom. The van der Waals surface area contributed by atoms with Crippen LogP contribution in [0.3, 0.4) is 0 Å². The van der Waals surface area contributed by atoms with E-state index in [4.69, 9.17) is 14.5 Å². The molecule has 190 valence electrons. The smallest absolute Gasteiger partial charge is 0.224 e. The minimum Gasteiger partial charge on any atom is -0.483 e. The van der Waals surface area contributed by atoms with Crippen molar-refractivity contribution in [3.8, 4) is 17.3 Å². The molecule has 0 bridgehead atoms. The predicted molar refractivity (Wildman–Crippen MR) is 147 cm³/mol. The number of pyridine rings is 1. The molecule has 0 aliphatic carbocycles. The van der Waals surface area contributed by atoms with Gasteiger partial charge in [0.05, 0.1) is 24.5 Å². The van der Waals surface area contributed by atoms with E-state index >= 15 is 0 Å². The molecule has 1 atom stereocenters. The number of fused-ring (bicyclic) bond motifs is 3. The maximum absolute atomic E-state index is 13.3. The molecule has 0 amide bonds. The lowest BCUT2D eigenvalue weighted by Crippen LogP contribution is -2.32. The average molecular weight is 504 g/mol. The highest BCUT2D eigenvalue weighted by atomic mass is 16.5. The molecule has 1 aliphatic rings. The number of aromatic nitrogens is 3. The Bertz CT molecular complexity index is 1540. The maximum Gasteiger partial charge on any atom is 0.224 e. The van der Waals surface area contributed by atoms with Crippen LogP contribution in [-0.2, 0) is 24.5 Å². The topological polar surface area (TPSA) is 58.3 Å². The molecule has 6 heteroatoms. The number of hydrogen-bond donors (Lipinski definition) is 0. The fourth-order valence-electron chi connectivity index (χ4n) is 5.46. The van der Waals surface area contributed by atoms with Crippen LogP contribution in [0.2, 0.25) is 0 Å². The van der Waals surface area contributed by atoms with Crippen molar-refractivity contribution in [3.63, 3.8) is 0 Å². The minimum absolute atomic E-state index is 0.0339. The maximum atomic E-state index is 13.3. The SMILES string of the molecule is COCc1cnc2n1C[C@H](C(c1ccccc1)c1ccccc1)n1ccc(=O)c(OCc3ccccc3)c1-2. The lowest BCUT2D eigenvalue weighted by Gasteiger charge is -2.37. The highest BCUT2D eigenvalue weighted by Gasteiger charge is 2.36. The van der Waals surface area contributed by atoms with E-state index in [0.717, 1.165) is 11.3 Å². The van der Waals surface area contributed by atoms with E-state index in [1.54, 1.807) is 13.2 Å². The van der Waals surface area contributed by atoms with Crippen LogP contribution in [0.1, 0.15) is 34.3 Å². The molecule has 0 saturated carbocycles. The van der Waals surface area contributed by atoms with Gasteiger partial charge in [-0.3, -0.25) is 4.79 Å². The summed E-state index contributed by atoms with van der Waals surface area (Å²) < 4.78 is 16.1. The number of methoxy groups -OCH3 is 1. The molecular formula is C32H29N3O3. The lowest BCUT2D eigenvalue weighted by molar-refractivity contribution is 0.176. The third-order valence-electron chi connectivity index (χ3n) is 7.18. The normalized spacial score (nSPS) is 14.2. The summed E-state index contributed by atoms with van der Waals surface area (Å²) in [7, 11) is 1.68. The van der Waals surface area contributed by atoms with Crippen molar-refractivity contribution >= 4 is 0 Å². The first kappa shape index (κ1) is 23.9. The number of ether oxygens (including phenoxy) is 2. The van der Waals surface area contributed by atoms with Gasteiger partial charge in [-0.1, -0.05) is 91.0 Å². The van der Waals surface area contributed by atoms with E-state index in [0.29, 0.717) is 37.0 Å². The number of imidazole rings is 1. The van der Waals surface area contributed by atoms with Gasteiger partial charge in [-0.2, -0.15) is 0 Å². The first-order valence-corrected chi connectivity index (χ1v) is 12.8. The van der Waals surface area contributed by atoms with Crippen LogP contribution in [-0.4, -0.2) is 21.2 Å². The van der Waals surface area contributed by atoms with Crippen LogP contribution in [0.15, 0.2) is 114 Å². The first-order chi connectivity index (χ1) is 18.7. The Morgan fingerprint density at radius 1 is 0.868 bits per heavy atom. The summed E-state index contributed by atoms with van der Waals surface area (Å²) in [5.74, 6) is 1.07. The molecule has 38 heavy (non-hydrogen) atoms. The minimum atomic E-state index is -0.161. The predicted octanol–water partition coefficient (Wildman–Crippen LogP) is 5.82. The molecule has 0 radical (unpaired) electrons. The zero-order chi connectivity index (χ0) is 25.9. The summed E-state index contributed by atoms with van der Waals surface area (Å²) in [5.41, 5.74) is 4.91. The lowest BCUT2D eigenvalue weighted by atomic mass is 9.83. The molecule has 3 aromatic carbocycles. The fraction of sp³-hybridized carbons (Fsp3) is 0.188. The third-order valence-corrected chi connectivity index (χ3v) is 7.18. The van der Waals surface area contributed by atoms with Gasteiger partial charge in [0, 0.05) is 31.8 Å². The molecule has 2 aromatic heterocycles. The van der Waals surface area contributed by atoms with Crippen molar-refractivity contribution in [1.29, 1.82) is 0 Å². The van der Waals surface area contributed by atoms with Gasteiger partial charge >= 0.3 is 0 Å². The number of nitrogens with zero attached hydrogens (tertiary/aromatic N) is 3. The van der Waals surface area contributed by atoms with Crippen molar-refractivity contribution in [2.24, 2.45) is 0 Å². The molecule has 5 aromatic rings. The summed E-state index contributed by atoms with van der Waals surface area (Å²) in [6.45, 7) is 1.40. The zero-order valence-corrected chi connectivity index (χ0v) is 21.2. The second kappa shape index (κ2) is 10.5. The monoisotopic (exact) mass is 503 g/mol. The van der Waals surface area contributed by atoms with Gasteiger partial charge in [0.15, 0.2) is 11.6 Å². The highest BCUT2D eigenvalue weighted by molar-refractivity contribution is 5.62. The summed E-state index contributed by atoms with van der Waals surface area (Å²) in [5, 5.41) is 0. The van der Waals surface area contributed by atoms with E-state index < -0.39 is 0 Å². The third kappa shape index (κ3) is 4.44. The van der Waals surface area contributed by atoms with E-state index in [-0.39, 0.29) is 17.4 Å². The second-order valence-electron chi connectivity index (χ2n) is 9.52. The molecule has 0 unspecified atom stereocenters. The summed E-state index contributed by atoms with van der Waals surface area (Å²) in [6.07, 6.45) is 3.73. The van der Waals surface area contributed by atoms with E-state index in [1.807, 2.05) is 54.9 Å². The average Bonchev–Trinajstić information content (AvgIpc) is 3.37. The van der Waals surface area contributed by atoms with Gasteiger partial charge < -0.3 is 18.6 Å². The first-order valence-electron chi connectivity index (χ1n) is 12.8. The van der Waals surface area contributed by atoms with Crippen LogP contribution in [0.25, 0.3) is 11.5 Å². The van der Waals surface area contributed by atoms with Crippen molar-refractivity contribution in [2.45, 2.75) is 31.7 Å². The molecule has 0 fully saturated rings. The highest BCUT2D eigenvalue weighted by Crippen LogP contribution is 2.44. The summed E-state index contributed by atoms with van der Waals surface area (Å²) in [6, 6.07) is 32.5. The van der Waals surface area contributed by atoms with Gasteiger partial charge in [0.1, 0.15) is 12.3 Å². The summed E-state index contributed by atoms with van der Waals surface area (Å²) >= 11 is 0. The number of benzene rings is 3. The molecule has 0 N–H and O–H groups in total. The van der Waals surface area contributed by atoms with Crippen molar-refractivity contribution in [1.82, 2.24) is 14.1 Å². The molecule has 0 saturated heterocycles. The quantitative estimate of drug-likeness (QED) is 0.268. The van der Waals surface area contributed by atoms with Gasteiger partial charge in [-0.25, -0.2) is 4.98 Å². The molecular weight excluding hydrogens is 474 g/mol. The Hall–Kier alpha value is -4.42. The van der Waals surface area contributed by atoms with Gasteiger partial charge in [-0.15, -0.1) is 0 Å². The molecule has 6 nitrogen and oxygen atoms in total. The van der Waals surface area contributed by atoms with E-state index in [1.165, 1.54) is 11.1 Å². The Labute approximate surface area is 221 Å². The van der Waals surface area contributed by atoms with Gasteiger partial charge in [0.25, 0.3) is 0 Å². The number of rotatable bonds is 8. The van der Waals surface area contributed by atoms with Crippen molar-refractivity contribution in [2.75, 3.05) is 7.11 Å². The van der Waals surface area contributed by atoms with Crippen LogP contribution >= 0.6 is 0 Å². The van der Waals surface area contributed by atoms with Gasteiger partial charge in [0.2, 0.25) is 5.43 Å². The largest absolute Gasteiger partial charge is 0.483 e. The van der Waals surface area contributed by atoms with E-state index in [2.05, 4.69) is 57.7 Å². The van der Waals surface area contributed by atoms with Crippen LogP contribution < -0.4 is 10.2 Å². The Balaban J connectivity index is 1.54.